The number of rotatable bonds is 2. The summed E-state index contributed by atoms with van der Waals surface area (Å²) in [5, 5.41) is 13.9. The molecule has 1 atom stereocenters. The largest absolute Gasteiger partial charge is 0.439 e. The van der Waals surface area contributed by atoms with Crippen LogP contribution < -0.4 is 5.32 Å². The van der Waals surface area contributed by atoms with Gasteiger partial charge in [0.1, 0.15) is 5.52 Å². The lowest BCUT2D eigenvalue weighted by atomic mass is 10.2. The summed E-state index contributed by atoms with van der Waals surface area (Å²) in [5.74, 6) is 0.623. The smallest absolute Gasteiger partial charge is 0.273 e. The maximum absolute atomic E-state index is 10.6. The van der Waals surface area contributed by atoms with Crippen LogP contribution in [0.5, 0.6) is 0 Å². The minimum atomic E-state index is -0.435. The van der Waals surface area contributed by atoms with Crippen molar-refractivity contribution >= 4 is 16.8 Å². The summed E-state index contributed by atoms with van der Waals surface area (Å²) in [6, 6.07) is 4.62. The van der Waals surface area contributed by atoms with E-state index in [1.54, 1.807) is 6.07 Å². The Kier molecular flexibility index (Phi) is 2.29. The molecule has 1 saturated heterocycles. The van der Waals surface area contributed by atoms with Gasteiger partial charge in [-0.05, 0) is 25.5 Å². The molecule has 1 aliphatic rings. The summed E-state index contributed by atoms with van der Waals surface area (Å²) in [6.07, 6.45) is 2.10. The van der Waals surface area contributed by atoms with Crippen molar-refractivity contribution in [3.05, 3.63) is 34.2 Å². The predicted octanol–water partition coefficient (Wildman–Crippen LogP) is 2.16. The molecular weight excluding hydrogens is 222 g/mol. The summed E-state index contributed by atoms with van der Waals surface area (Å²) in [5.41, 5.74) is 1.17. The molecule has 0 spiro atoms. The van der Waals surface area contributed by atoms with Crippen molar-refractivity contribution < 1.29 is 9.34 Å². The lowest BCUT2D eigenvalue weighted by molar-refractivity contribution is -0.384. The van der Waals surface area contributed by atoms with E-state index >= 15 is 0 Å². The van der Waals surface area contributed by atoms with Crippen LogP contribution >= 0.6 is 0 Å². The second-order valence-electron chi connectivity index (χ2n) is 4.11. The van der Waals surface area contributed by atoms with Crippen molar-refractivity contribution in [2.75, 3.05) is 6.54 Å². The minimum Gasteiger partial charge on any atom is -0.439 e. The molecule has 0 bridgehead atoms. The number of nitrogens with one attached hydrogen (secondary N) is 1. The summed E-state index contributed by atoms with van der Waals surface area (Å²) in [7, 11) is 0. The summed E-state index contributed by atoms with van der Waals surface area (Å²) in [4.78, 5) is 14.5. The molecule has 1 aliphatic heterocycles. The van der Waals surface area contributed by atoms with Crippen LogP contribution in [0.25, 0.3) is 11.1 Å². The SMILES string of the molecule is O=[N+]([O-])c1ccc2nc(C3CCCN3)oc2c1. The topological polar surface area (TPSA) is 81.2 Å². The quantitative estimate of drug-likeness (QED) is 0.635. The van der Waals surface area contributed by atoms with Gasteiger partial charge >= 0.3 is 0 Å². The Morgan fingerprint density at radius 1 is 1.53 bits per heavy atom. The fourth-order valence-corrected chi connectivity index (χ4v) is 2.09. The fourth-order valence-electron chi connectivity index (χ4n) is 2.09. The summed E-state index contributed by atoms with van der Waals surface area (Å²) >= 11 is 0. The molecule has 0 saturated carbocycles. The van der Waals surface area contributed by atoms with Crippen molar-refractivity contribution in [3.63, 3.8) is 0 Å². The zero-order valence-electron chi connectivity index (χ0n) is 9.05. The number of non-ortho nitro benzene ring substituents is 1. The standard InChI is InChI=1S/C11H11N3O3/c15-14(16)7-3-4-8-10(6-7)17-11(13-8)9-2-1-5-12-9/h3-4,6,9,12H,1-2,5H2. The number of aromatic nitrogens is 1. The van der Waals surface area contributed by atoms with E-state index in [2.05, 4.69) is 10.3 Å². The van der Waals surface area contributed by atoms with Gasteiger partial charge < -0.3 is 9.73 Å². The van der Waals surface area contributed by atoms with Gasteiger partial charge in [-0.25, -0.2) is 4.98 Å². The predicted molar refractivity (Wildman–Crippen MR) is 60.6 cm³/mol. The first kappa shape index (κ1) is 10.2. The Hall–Kier alpha value is -1.95. The molecule has 1 fully saturated rings. The Balaban J connectivity index is 2.03. The van der Waals surface area contributed by atoms with Crippen molar-refractivity contribution in [1.82, 2.24) is 10.3 Å². The highest BCUT2D eigenvalue weighted by molar-refractivity contribution is 5.75. The first-order chi connectivity index (χ1) is 8.24. The number of nitro groups is 1. The molecule has 2 heterocycles. The fraction of sp³-hybridized carbons (Fsp3) is 0.364. The number of nitro benzene ring substituents is 1. The molecule has 0 aliphatic carbocycles. The highest BCUT2D eigenvalue weighted by Gasteiger charge is 2.22. The summed E-state index contributed by atoms with van der Waals surface area (Å²) < 4.78 is 5.56. The molecular formula is C11H11N3O3. The van der Waals surface area contributed by atoms with Crippen LogP contribution in [0.1, 0.15) is 24.8 Å². The molecule has 1 aromatic carbocycles. The average molecular weight is 233 g/mol. The van der Waals surface area contributed by atoms with Gasteiger partial charge in [-0.2, -0.15) is 0 Å². The molecule has 6 heteroatoms. The van der Waals surface area contributed by atoms with E-state index < -0.39 is 4.92 Å². The van der Waals surface area contributed by atoms with E-state index in [9.17, 15) is 10.1 Å². The third-order valence-corrected chi connectivity index (χ3v) is 2.96. The van der Waals surface area contributed by atoms with Gasteiger partial charge in [-0.15, -0.1) is 0 Å². The molecule has 88 valence electrons. The zero-order valence-corrected chi connectivity index (χ0v) is 9.05. The van der Waals surface area contributed by atoms with E-state index in [0.717, 1.165) is 19.4 Å². The van der Waals surface area contributed by atoms with Gasteiger partial charge in [-0.1, -0.05) is 0 Å². The maximum atomic E-state index is 10.6. The van der Waals surface area contributed by atoms with Crippen LogP contribution in [0.4, 0.5) is 5.69 Å². The molecule has 1 unspecified atom stereocenters. The number of benzene rings is 1. The number of fused-ring (bicyclic) bond motifs is 1. The van der Waals surface area contributed by atoms with Crippen LogP contribution in [-0.4, -0.2) is 16.5 Å². The lowest BCUT2D eigenvalue weighted by Crippen LogP contribution is -2.12. The highest BCUT2D eigenvalue weighted by Crippen LogP contribution is 2.27. The Morgan fingerprint density at radius 2 is 2.41 bits per heavy atom. The number of hydrogen-bond donors (Lipinski definition) is 1. The molecule has 6 nitrogen and oxygen atoms in total. The normalized spacial score (nSPS) is 19.9. The summed E-state index contributed by atoms with van der Waals surface area (Å²) in [6.45, 7) is 0.962. The van der Waals surface area contributed by atoms with Crippen LogP contribution in [0.2, 0.25) is 0 Å². The van der Waals surface area contributed by atoms with Crippen molar-refractivity contribution in [3.8, 4) is 0 Å². The minimum absolute atomic E-state index is 0.0274. The third kappa shape index (κ3) is 1.76. The van der Waals surface area contributed by atoms with Crippen molar-refractivity contribution in [1.29, 1.82) is 0 Å². The van der Waals surface area contributed by atoms with Crippen LogP contribution in [-0.2, 0) is 0 Å². The zero-order chi connectivity index (χ0) is 11.8. The number of nitrogens with zero attached hydrogens (tertiary/aromatic N) is 2. The molecule has 17 heavy (non-hydrogen) atoms. The van der Waals surface area contributed by atoms with Gasteiger partial charge in [0, 0.05) is 6.07 Å². The van der Waals surface area contributed by atoms with Gasteiger partial charge in [0.2, 0.25) is 5.89 Å². The number of hydrogen-bond acceptors (Lipinski definition) is 5. The van der Waals surface area contributed by atoms with E-state index in [0.29, 0.717) is 17.0 Å². The highest BCUT2D eigenvalue weighted by atomic mass is 16.6. The van der Waals surface area contributed by atoms with Crippen LogP contribution in [0.15, 0.2) is 22.6 Å². The average Bonchev–Trinajstić information content (AvgIpc) is 2.96. The molecule has 2 aromatic rings. The molecule has 3 rings (SSSR count). The Labute approximate surface area is 96.8 Å². The van der Waals surface area contributed by atoms with Crippen molar-refractivity contribution in [2.45, 2.75) is 18.9 Å². The van der Waals surface area contributed by atoms with Gasteiger partial charge in [0.25, 0.3) is 5.69 Å². The third-order valence-electron chi connectivity index (χ3n) is 2.96. The molecule has 1 N–H and O–H groups in total. The first-order valence-electron chi connectivity index (χ1n) is 5.52. The second kappa shape index (κ2) is 3.81. The van der Waals surface area contributed by atoms with E-state index in [1.165, 1.54) is 12.1 Å². The Bertz CT molecular complexity index is 572. The maximum Gasteiger partial charge on any atom is 0.273 e. The lowest BCUT2D eigenvalue weighted by Gasteiger charge is -2.02. The second-order valence-corrected chi connectivity index (χ2v) is 4.11. The molecule has 0 radical (unpaired) electrons. The van der Waals surface area contributed by atoms with Crippen LogP contribution in [0.3, 0.4) is 0 Å². The Morgan fingerprint density at radius 3 is 3.12 bits per heavy atom. The van der Waals surface area contributed by atoms with E-state index in [-0.39, 0.29) is 11.7 Å². The van der Waals surface area contributed by atoms with Gasteiger partial charge in [0.05, 0.1) is 17.0 Å². The first-order valence-corrected chi connectivity index (χ1v) is 5.52. The van der Waals surface area contributed by atoms with Gasteiger partial charge in [0.15, 0.2) is 5.58 Å². The van der Waals surface area contributed by atoms with Crippen molar-refractivity contribution in [2.24, 2.45) is 0 Å². The number of oxazole rings is 1. The van der Waals surface area contributed by atoms with Crippen LogP contribution in [0, 0.1) is 10.1 Å². The van der Waals surface area contributed by atoms with E-state index in [4.69, 9.17) is 4.42 Å². The monoisotopic (exact) mass is 233 g/mol. The molecule has 1 aromatic heterocycles. The molecule has 0 amide bonds. The van der Waals surface area contributed by atoms with E-state index in [1.807, 2.05) is 0 Å². The van der Waals surface area contributed by atoms with Gasteiger partial charge in [-0.3, -0.25) is 10.1 Å².